The molecule has 0 radical (unpaired) electrons. The Morgan fingerprint density at radius 3 is 2.64 bits per heavy atom. The molecule has 1 N–H and O–H groups in total. The van der Waals surface area contributed by atoms with E-state index in [4.69, 9.17) is 16.3 Å². The lowest BCUT2D eigenvalue weighted by Gasteiger charge is -2.37. The average molecular weight is 401 g/mol. The van der Waals surface area contributed by atoms with E-state index in [1.807, 2.05) is 39.0 Å². The summed E-state index contributed by atoms with van der Waals surface area (Å²) in [6.45, 7) is 7.83. The van der Waals surface area contributed by atoms with Gasteiger partial charge >= 0.3 is 6.09 Å². The lowest BCUT2D eigenvalue weighted by molar-refractivity contribution is 0.0515. The molecule has 2 aromatic rings. The van der Waals surface area contributed by atoms with Crippen LogP contribution in [0.5, 0.6) is 0 Å². The van der Waals surface area contributed by atoms with E-state index in [2.05, 4.69) is 40.5 Å². The quantitative estimate of drug-likeness (QED) is 0.781. The molecule has 1 heterocycles. The van der Waals surface area contributed by atoms with Crippen LogP contribution in [0.25, 0.3) is 0 Å². The maximum absolute atomic E-state index is 11.9. The van der Waals surface area contributed by atoms with Crippen molar-refractivity contribution in [1.82, 2.24) is 10.2 Å². The Morgan fingerprint density at radius 2 is 1.93 bits per heavy atom. The normalized spacial score (nSPS) is 17.1. The summed E-state index contributed by atoms with van der Waals surface area (Å²) < 4.78 is 5.34. The summed E-state index contributed by atoms with van der Waals surface area (Å²) in [5, 5.41) is 3.65. The highest BCUT2D eigenvalue weighted by Gasteiger charge is 2.26. The van der Waals surface area contributed by atoms with Gasteiger partial charge < -0.3 is 10.1 Å². The van der Waals surface area contributed by atoms with Crippen LogP contribution in [-0.4, -0.2) is 35.7 Å². The Bertz CT molecular complexity index is 816. The number of amides is 1. The summed E-state index contributed by atoms with van der Waals surface area (Å²) in [7, 11) is 0. The highest BCUT2D eigenvalue weighted by molar-refractivity contribution is 6.30. The molecule has 3 rings (SSSR count). The van der Waals surface area contributed by atoms with Gasteiger partial charge in [0.1, 0.15) is 5.60 Å². The Hall–Kier alpha value is -2.04. The molecule has 0 saturated carbocycles. The standard InChI is InChI=1S/C23H29ClN2O2/c1-23(2,3)28-22(27)25-11-12-26-16-19-9-5-4-8-18(19)15-21(26)14-17-7-6-10-20(24)13-17/h4-10,13,21H,11-12,14-16H2,1-3H3,(H,25,27). The lowest BCUT2D eigenvalue weighted by Crippen LogP contribution is -2.46. The van der Waals surface area contributed by atoms with Gasteiger partial charge in [0.15, 0.2) is 0 Å². The topological polar surface area (TPSA) is 41.6 Å². The second-order valence-corrected chi connectivity index (χ2v) is 8.80. The van der Waals surface area contributed by atoms with Gasteiger partial charge in [-0.05, 0) is 62.4 Å². The monoisotopic (exact) mass is 400 g/mol. The summed E-state index contributed by atoms with van der Waals surface area (Å²) in [6, 6.07) is 17.1. The minimum atomic E-state index is -0.483. The number of ether oxygens (including phenoxy) is 1. The predicted octanol–water partition coefficient (Wildman–Crippen LogP) is 4.83. The van der Waals surface area contributed by atoms with E-state index in [-0.39, 0.29) is 6.09 Å². The van der Waals surface area contributed by atoms with Crippen molar-refractivity contribution < 1.29 is 9.53 Å². The number of alkyl carbamates (subject to hydrolysis) is 1. The predicted molar refractivity (Wildman–Crippen MR) is 114 cm³/mol. The lowest BCUT2D eigenvalue weighted by atomic mass is 9.90. The van der Waals surface area contributed by atoms with Crippen LogP contribution in [0, 0.1) is 0 Å². The van der Waals surface area contributed by atoms with Crippen molar-refractivity contribution in [1.29, 1.82) is 0 Å². The van der Waals surface area contributed by atoms with Gasteiger partial charge in [0.25, 0.3) is 0 Å². The number of nitrogens with zero attached hydrogens (tertiary/aromatic N) is 1. The Balaban J connectivity index is 1.66. The Kier molecular flexibility index (Phi) is 6.63. The first-order valence-corrected chi connectivity index (χ1v) is 10.2. The number of fused-ring (bicyclic) bond motifs is 1. The third-order valence-electron chi connectivity index (χ3n) is 4.89. The van der Waals surface area contributed by atoms with Crippen LogP contribution in [-0.2, 0) is 24.1 Å². The van der Waals surface area contributed by atoms with E-state index < -0.39 is 5.60 Å². The molecule has 1 aliphatic rings. The van der Waals surface area contributed by atoms with Crippen LogP contribution in [0.15, 0.2) is 48.5 Å². The molecule has 2 aromatic carbocycles. The van der Waals surface area contributed by atoms with E-state index in [1.54, 1.807) is 0 Å². The second kappa shape index (κ2) is 8.97. The third-order valence-corrected chi connectivity index (χ3v) is 5.13. The number of rotatable bonds is 5. The fourth-order valence-electron chi connectivity index (χ4n) is 3.66. The van der Waals surface area contributed by atoms with Gasteiger partial charge in [-0.2, -0.15) is 0 Å². The van der Waals surface area contributed by atoms with E-state index in [0.29, 0.717) is 12.6 Å². The first kappa shape index (κ1) is 20.7. The number of carbonyl (C=O) groups is 1. The molecule has 1 unspecified atom stereocenters. The van der Waals surface area contributed by atoms with Gasteiger partial charge in [-0.25, -0.2) is 4.79 Å². The minimum absolute atomic E-state index is 0.365. The molecule has 5 heteroatoms. The van der Waals surface area contributed by atoms with E-state index >= 15 is 0 Å². The fraction of sp³-hybridized carbons (Fsp3) is 0.435. The zero-order valence-electron chi connectivity index (χ0n) is 16.9. The van der Waals surface area contributed by atoms with Crippen molar-refractivity contribution in [3.05, 3.63) is 70.2 Å². The number of carbonyl (C=O) groups excluding carboxylic acids is 1. The van der Waals surface area contributed by atoms with Gasteiger partial charge in [-0.15, -0.1) is 0 Å². The number of nitrogens with one attached hydrogen (secondary N) is 1. The van der Waals surface area contributed by atoms with Crippen molar-refractivity contribution in [3.8, 4) is 0 Å². The van der Waals surface area contributed by atoms with Crippen LogP contribution in [0.4, 0.5) is 4.79 Å². The minimum Gasteiger partial charge on any atom is -0.444 e. The molecule has 0 aromatic heterocycles. The molecule has 0 saturated heterocycles. The first-order chi connectivity index (χ1) is 13.3. The number of hydrogen-bond acceptors (Lipinski definition) is 3. The van der Waals surface area contributed by atoms with Crippen molar-refractivity contribution in [2.24, 2.45) is 0 Å². The van der Waals surface area contributed by atoms with Crippen LogP contribution in [0.3, 0.4) is 0 Å². The summed E-state index contributed by atoms with van der Waals surface area (Å²) in [6.07, 6.45) is 1.56. The van der Waals surface area contributed by atoms with Crippen molar-refractivity contribution in [2.75, 3.05) is 13.1 Å². The van der Waals surface area contributed by atoms with Gasteiger partial charge in [0, 0.05) is 30.7 Å². The zero-order valence-corrected chi connectivity index (χ0v) is 17.6. The maximum Gasteiger partial charge on any atom is 0.407 e. The van der Waals surface area contributed by atoms with Gasteiger partial charge in [0.05, 0.1) is 0 Å². The van der Waals surface area contributed by atoms with E-state index in [0.717, 1.165) is 31.0 Å². The molecule has 1 aliphatic heterocycles. The Morgan fingerprint density at radius 1 is 1.18 bits per heavy atom. The van der Waals surface area contributed by atoms with Crippen LogP contribution in [0.2, 0.25) is 5.02 Å². The molecular weight excluding hydrogens is 372 g/mol. The molecule has 0 fully saturated rings. The van der Waals surface area contributed by atoms with Crippen molar-refractivity contribution >= 4 is 17.7 Å². The molecule has 1 amide bonds. The highest BCUT2D eigenvalue weighted by Crippen LogP contribution is 2.26. The summed E-state index contributed by atoms with van der Waals surface area (Å²) >= 11 is 6.18. The van der Waals surface area contributed by atoms with E-state index in [1.165, 1.54) is 16.7 Å². The third kappa shape index (κ3) is 5.98. The molecule has 1 atom stereocenters. The molecule has 0 aliphatic carbocycles. The SMILES string of the molecule is CC(C)(C)OC(=O)NCCN1Cc2ccccc2CC1Cc1cccc(Cl)c1. The van der Waals surface area contributed by atoms with Gasteiger partial charge in [-0.3, -0.25) is 4.90 Å². The summed E-state index contributed by atoms with van der Waals surface area (Å²) in [5.41, 5.74) is 3.53. The van der Waals surface area contributed by atoms with Crippen LogP contribution in [0.1, 0.15) is 37.5 Å². The number of hydrogen-bond donors (Lipinski definition) is 1. The van der Waals surface area contributed by atoms with Crippen molar-refractivity contribution in [3.63, 3.8) is 0 Å². The van der Waals surface area contributed by atoms with Gasteiger partial charge in [0.2, 0.25) is 0 Å². The van der Waals surface area contributed by atoms with Crippen LogP contribution < -0.4 is 5.32 Å². The molecule has 150 valence electrons. The molecule has 28 heavy (non-hydrogen) atoms. The number of halogens is 1. The second-order valence-electron chi connectivity index (χ2n) is 8.36. The average Bonchev–Trinajstić information content (AvgIpc) is 2.60. The summed E-state index contributed by atoms with van der Waals surface area (Å²) in [5.74, 6) is 0. The number of benzene rings is 2. The largest absolute Gasteiger partial charge is 0.444 e. The fourth-order valence-corrected chi connectivity index (χ4v) is 3.87. The van der Waals surface area contributed by atoms with Crippen molar-refractivity contribution in [2.45, 2.75) is 51.8 Å². The molecule has 0 spiro atoms. The summed E-state index contributed by atoms with van der Waals surface area (Å²) in [4.78, 5) is 14.4. The maximum atomic E-state index is 11.9. The smallest absolute Gasteiger partial charge is 0.407 e. The molecule has 4 nitrogen and oxygen atoms in total. The Labute approximate surface area is 172 Å². The first-order valence-electron chi connectivity index (χ1n) is 9.82. The van der Waals surface area contributed by atoms with Crippen LogP contribution >= 0.6 is 11.6 Å². The zero-order chi connectivity index (χ0) is 20.1. The molecular formula is C23H29ClN2O2. The van der Waals surface area contributed by atoms with E-state index in [9.17, 15) is 4.79 Å². The van der Waals surface area contributed by atoms with Gasteiger partial charge in [-0.1, -0.05) is 48.0 Å². The highest BCUT2D eigenvalue weighted by atomic mass is 35.5. The molecule has 0 bridgehead atoms.